The average molecular weight is 431 g/mol. The van der Waals surface area contributed by atoms with Gasteiger partial charge in [0.1, 0.15) is 29.2 Å². The second-order valence-corrected chi connectivity index (χ2v) is 7.80. The van der Waals surface area contributed by atoms with Crippen LogP contribution in [0, 0.1) is 0 Å². The topological polar surface area (TPSA) is 143 Å². The van der Waals surface area contributed by atoms with Gasteiger partial charge in [-0.1, -0.05) is 12.1 Å². The van der Waals surface area contributed by atoms with E-state index < -0.39 is 31.0 Å². The van der Waals surface area contributed by atoms with Crippen molar-refractivity contribution in [2.75, 3.05) is 27.2 Å². The van der Waals surface area contributed by atoms with Crippen molar-refractivity contribution in [3.63, 3.8) is 0 Å². The lowest BCUT2D eigenvalue weighted by molar-refractivity contribution is -0.143. The molecule has 1 amide bonds. The molecule has 4 N–H and O–H groups in total. The Bertz CT molecular complexity index is 910. The number of aryl methyl sites for hydroxylation is 1. The fourth-order valence-corrected chi connectivity index (χ4v) is 3.63. The van der Waals surface area contributed by atoms with Crippen LogP contribution in [-0.2, 0) is 11.2 Å². The second kappa shape index (κ2) is 9.50. The summed E-state index contributed by atoms with van der Waals surface area (Å²) in [6.07, 6.45) is 4.02. The zero-order valence-electron chi connectivity index (χ0n) is 17.4. The van der Waals surface area contributed by atoms with E-state index in [9.17, 15) is 19.8 Å². The van der Waals surface area contributed by atoms with Crippen molar-refractivity contribution in [3.8, 4) is 11.5 Å². The van der Waals surface area contributed by atoms with Crippen LogP contribution in [0.5, 0.6) is 11.5 Å². The molecule has 0 bridgehead atoms. The third kappa shape index (κ3) is 5.06. The van der Waals surface area contributed by atoms with Gasteiger partial charge in [0.05, 0.1) is 18.8 Å². The molecular formula is C20H26BN3O7. The number of ether oxygens (including phenoxy) is 1. The first kappa shape index (κ1) is 22.8. The third-order valence-electron chi connectivity index (χ3n) is 5.27. The van der Waals surface area contributed by atoms with Crippen LogP contribution >= 0.6 is 0 Å². The molecule has 11 heteroatoms. The number of aromatic carboxylic acids is 1. The zero-order chi connectivity index (χ0) is 22.7. The standard InChI is InChI=1S/C20H26BN3O7/c1-23(2)17(14-4-3-9-22-14)19(26)24-10-13(11-24)31-15-6-5-12(7-8-21(29)30)18(25)16(15)20(27)28/h4-6,9,13,17,25,29-30H,3,7-8,10-11H2,1-2H3,(H,27,28). The second-order valence-electron chi connectivity index (χ2n) is 7.80. The Morgan fingerprint density at radius 1 is 1.32 bits per heavy atom. The molecule has 1 unspecified atom stereocenters. The van der Waals surface area contributed by atoms with E-state index in [0.717, 1.165) is 0 Å². The highest BCUT2D eigenvalue weighted by molar-refractivity contribution is 6.41. The number of allylic oxidation sites excluding steroid dienone is 1. The highest BCUT2D eigenvalue weighted by Crippen LogP contribution is 2.34. The summed E-state index contributed by atoms with van der Waals surface area (Å²) in [5.41, 5.74) is 0.606. The first-order chi connectivity index (χ1) is 14.7. The number of aromatic hydroxyl groups is 1. The molecule has 31 heavy (non-hydrogen) atoms. The molecule has 1 aromatic rings. The lowest BCUT2D eigenvalue weighted by Crippen LogP contribution is -2.60. The number of amides is 1. The Morgan fingerprint density at radius 3 is 2.58 bits per heavy atom. The molecule has 0 aliphatic carbocycles. The van der Waals surface area contributed by atoms with Crippen molar-refractivity contribution in [2.24, 2.45) is 4.99 Å². The summed E-state index contributed by atoms with van der Waals surface area (Å²) in [6.45, 7) is 0.580. The van der Waals surface area contributed by atoms with Crippen molar-refractivity contribution in [2.45, 2.75) is 31.3 Å². The molecule has 1 saturated heterocycles. The Labute approximate surface area is 180 Å². The summed E-state index contributed by atoms with van der Waals surface area (Å²) in [7, 11) is 2.06. The summed E-state index contributed by atoms with van der Waals surface area (Å²) < 4.78 is 5.76. The summed E-state index contributed by atoms with van der Waals surface area (Å²) in [4.78, 5) is 32.3. The van der Waals surface area contributed by atoms with E-state index in [1.807, 2.05) is 20.2 Å². The normalized spacial score (nSPS) is 16.8. The van der Waals surface area contributed by atoms with Crippen LogP contribution in [0.15, 0.2) is 28.9 Å². The van der Waals surface area contributed by atoms with Crippen LogP contribution in [0.2, 0.25) is 6.32 Å². The van der Waals surface area contributed by atoms with Gasteiger partial charge in [0.25, 0.3) is 0 Å². The van der Waals surface area contributed by atoms with Crippen LogP contribution < -0.4 is 4.74 Å². The van der Waals surface area contributed by atoms with Gasteiger partial charge in [0.15, 0.2) is 0 Å². The summed E-state index contributed by atoms with van der Waals surface area (Å²) >= 11 is 0. The minimum Gasteiger partial charge on any atom is -0.507 e. The van der Waals surface area contributed by atoms with E-state index in [1.165, 1.54) is 12.1 Å². The van der Waals surface area contributed by atoms with Crippen molar-refractivity contribution in [3.05, 3.63) is 35.0 Å². The van der Waals surface area contributed by atoms with E-state index in [4.69, 9.17) is 14.8 Å². The Kier molecular flexibility index (Phi) is 6.99. The minimum atomic E-state index is -1.56. The number of carboxylic acid groups (broad SMARTS) is 1. The molecule has 166 valence electrons. The smallest absolute Gasteiger partial charge is 0.451 e. The van der Waals surface area contributed by atoms with Crippen molar-refractivity contribution >= 4 is 25.2 Å². The number of nitrogens with zero attached hydrogens (tertiary/aromatic N) is 3. The summed E-state index contributed by atoms with van der Waals surface area (Å²) in [5.74, 6) is -1.92. The molecule has 0 radical (unpaired) electrons. The number of carbonyl (C=O) groups is 2. The summed E-state index contributed by atoms with van der Waals surface area (Å²) in [6, 6.07) is 2.45. The number of likely N-dealkylation sites (N-methyl/N-ethyl adjacent to an activating group) is 1. The minimum absolute atomic E-state index is 0.00246. The van der Waals surface area contributed by atoms with Crippen LogP contribution in [0.1, 0.15) is 22.3 Å². The molecule has 2 aliphatic heterocycles. The number of benzene rings is 1. The number of hydrogen-bond donors (Lipinski definition) is 4. The predicted molar refractivity (Wildman–Crippen MR) is 113 cm³/mol. The van der Waals surface area contributed by atoms with Crippen molar-refractivity contribution < 1.29 is 34.6 Å². The molecule has 0 saturated carbocycles. The molecule has 3 rings (SSSR count). The van der Waals surface area contributed by atoms with Gasteiger partial charge in [-0.3, -0.25) is 14.7 Å². The van der Waals surface area contributed by atoms with Crippen molar-refractivity contribution in [1.29, 1.82) is 0 Å². The summed E-state index contributed by atoms with van der Waals surface area (Å²) in [5, 5.41) is 37.8. The zero-order valence-corrected chi connectivity index (χ0v) is 17.4. The monoisotopic (exact) mass is 431 g/mol. The first-order valence-corrected chi connectivity index (χ1v) is 9.97. The molecule has 2 aliphatic rings. The number of likely N-dealkylation sites (tertiary alicyclic amines) is 1. The van der Waals surface area contributed by atoms with Crippen LogP contribution in [0.4, 0.5) is 0 Å². The predicted octanol–water partition coefficient (Wildman–Crippen LogP) is -0.0161. The maximum absolute atomic E-state index is 12.9. The molecule has 1 atom stereocenters. The molecule has 0 aromatic heterocycles. The van der Waals surface area contributed by atoms with Gasteiger partial charge >= 0.3 is 13.1 Å². The quantitative estimate of drug-likeness (QED) is 0.400. The molecule has 10 nitrogen and oxygen atoms in total. The number of phenols is 1. The fraction of sp³-hybridized carbons (Fsp3) is 0.450. The molecule has 1 fully saturated rings. The first-order valence-electron chi connectivity index (χ1n) is 9.97. The third-order valence-corrected chi connectivity index (χ3v) is 5.27. The van der Waals surface area contributed by atoms with Gasteiger partial charge in [-0.25, -0.2) is 4.79 Å². The van der Waals surface area contributed by atoms with E-state index in [0.29, 0.717) is 25.2 Å². The van der Waals surface area contributed by atoms with Gasteiger partial charge in [0.2, 0.25) is 5.91 Å². The number of aliphatic imine (C=N–C) groups is 1. The van der Waals surface area contributed by atoms with Gasteiger partial charge in [-0.05, 0) is 38.5 Å². The largest absolute Gasteiger partial charge is 0.507 e. The van der Waals surface area contributed by atoms with E-state index in [1.54, 1.807) is 16.0 Å². The van der Waals surface area contributed by atoms with Crippen LogP contribution in [0.3, 0.4) is 0 Å². The highest BCUT2D eigenvalue weighted by Gasteiger charge is 2.39. The van der Waals surface area contributed by atoms with E-state index >= 15 is 0 Å². The molecule has 0 spiro atoms. The number of carbonyl (C=O) groups excluding carboxylic acids is 1. The highest BCUT2D eigenvalue weighted by atomic mass is 16.5. The van der Waals surface area contributed by atoms with Gasteiger partial charge in [0, 0.05) is 12.6 Å². The Hall–Kier alpha value is -2.89. The number of hydrogen-bond acceptors (Lipinski definition) is 8. The van der Waals surface area contributed by atoms with Gasteiger partial charge < -0.3 is 29.9 Å². The van der Waals surface area contributed by atoms with Gasteiger partial charge in [-0.2, -0.15) is 0 Å². The van der Waals surface area contributed by atoms with E-state index in [-0.39, 0.29) is 35.5 Å². The lowest BCUT2D eigenvalue weighted by Gasteiger charge is -2.41. The molecular weight excluding hydrogens is 405 g/mol. The Morgan fingerprint density at radius 2 is 2.03 bits per heavy atom. The number of rotatable bonds is 9. The lowest BCUT2D eigenvalue weighted by atomic mass is 9.82. The van der Waals surface area contributed by atoms with Crippen molar-refractivity contribution in [1.82, 2.24) is 9.80 Å². The SMILES string of the molecule is CN(C)C(C(=O)N1CC(Oc2ccc(CCB(O)O)c(O)c2C(=O)O)C1)C1=CCC=N1. The maximum atomic E-state index is 12.9. The molecule has 1 aromatic carbocycles. The van der Waals surface area contributed by atoms with Gasteiger partial charge in [-0.15, -0.1) is 0 Å². The number of carboxylic acids is 1. The van der Waals surface area contributed by atoms with Crippen LogP contribution in [-0.4, -0.2) is 94.6 Å². The average Bonchev–Trinajstić information content (AvgIpc) is 3.16. The maximum Gasteiger partial charge on any atom is 0.451 e. The van der Waals surface area contributed by atoms with E-state index in [2.05, 4.69) is 4.99 Å². The Balaban J connectivity index is 1.66. The van der Waals surface area contributed by atoms with Crippen LogP contribution in [0.25, 0.3) is 0 Å². The fourth-order valence-electron chi connectivity index (χ4n) is 3.63. The molecule has 2 heterocycles.